The van der Waals surface area contributed by atoms with E-state index >= 15 is 0 Å². The maximum atomic E-state index is 13.4. The van der Waals surface area contributed by atoms with E-state index in [0.29, 0.717) is 13.1 Å². The molecule has 1 aliphatic rings. The minimum absolute atomic E-state index is 0.0776. The van der Waals surface area contributed by atoms with Crippen LogP contribution in [-0.2, 0) is 0 Å². The summed E-state index contributed by atoms with van der Waals surface area (Å²) in [5.41, 5.74) is 5.32. The van der Waals surface area contributed by atoms with Gasteiger partial charge >= 0.3 is 0 Å². The minimum Gasteiger partial charge on any atom is -0.351 e. The zero-order chi connectivity index (χ0) is 13.2. The van der Waals surface area contributed by atoms with Gasteiger partial charge in [-0.05, 0) is 43.4 Å². The lowest BCUT2D eigenvalue weighted by Crippen LogP contribution is -2.32. The van der Waals surface area contributed by atoms with Crippen molar-refractivity contribution in [3.63, 3.8) is 0 Å². The van der Waals surface area contributed by atoms with Gasteiger partial charge in [0.15, 0.2) is 11.6 Å². The van der Waals surface area contributed by atoms with Gasteiger partial charge in [0, 0.05) is 6.54 Å². The molecular formula is C13H16F2N2O. The van der Waals surface area contributed by atoms with Crippen molar-refractivity contribution in [3.8, 4) is 0 Å². The lowest BCUT2D eigenvalue weighted by molar-refractivity contribution is 0.0939. The van der Waals surface area contributed by atoms with Crippen LogP contribution in [0, 0.1) is 17.0 Å². The quantitative estimate of drug-likeness (QED) is 0.842. The maximum absolute atomic E-state index is 13.4. The molecule has 0 radical (unpaired) electrons. The van der Waals surface area contributed by atoms with Gasteiger partial charge < -0.3 is 11.1 Å². The van der Waals surface area contributed by atoms with E-state index in [2.05, 4.69) is 5.32 Å². The first-order valence-electron chi connectivity index (χ1n) is 6.00. The first kappa shape index (κ1) is 13.0. The molecule has 0 aromatic heterocycles. The molecule has 3 nitrogen and oxygen atoms in total. The lowest BCUT2D eigenvalue weighted by Gasteiger charge is -2.15. The van der Waals surface area contributed by atoms with Crippen LogP contribution >= 0.6 is 0 Å². The second-order valence-electron chi connectivity index (χ2n) is 4.82. The number of benzene rings is 1. The van der Waals surface area contributed by atoms with Gasteiger partial charge in [-0.25, -0.2) is 8.78 Å². The average molecular weight is 254 g/mol. The highest BCUT2D eigenvalue weighted by Gasteiger charge is 2.41. The largest absolute Gasteiger partial charge is 0.351 e. The third-order valence-corrected chi connectivity index (χ3v) is 3.45. The Hall–Kier alpha value is -1.49. The van der Waals surface area contributed by atoms with Gasteiger partial charge in [0.05, 0.1) is 5.56 Å². The highest BCUT2D eigenvalue weighted by atomic mass is 19.2. The van der Waals surface area contributed by atoms with E-state index in [0.717, 1.165) is 25.3 Å². The molecule has 0 atom stereocenters. The molecule has 1 fully saturated rings. The van der Waals surface area contributed by atoms with E-state index in [1.807, 2.05) is 0 Å². The predicted octanol–water partition coefficient (Wildman–Crippen LogP) is 1.82. The number of amides is 1. The van der Waals surface area contributed by atoms with Crippen molar-refractivity contribution in [2.75, 3.05) is 13.1 Å². The second kappa shape index (κ2) is 5.02. The van der Waals surface area contributed by atoms with Crippen LogP contribution in [0.25, 0.3) is 0 Å². The standard InChI is InChI=1S/C13H16F2N2O/c14-10-3-1-2-9(11(10)15)12(18)17-8-13(4-5-13)6-7-16/h1-3H,4-8,16H2,(H,17,18). The summed E-state index contributed by atoms with van der Waals surface area (Å²) in [5.74, 6) is -2.68. The molecule has 1 aromatic carbocycles. The Morgan fingerprint density at radius 1 is 1.39 bits per heavy atom. The third kappa shape index (κ3) is 2.67. The summed E-state index contributed by atoms with van der Waals surface area (Å²) in [6, 6.07) is 3.58. The molecule has 2 rings (SSSR count). The smallest absolute Gasteiger partial charge is 0.254 e. The first-order valence-corrected chi connectivity index (χ1v) is 6.00. The Morgan fingerprint density at radius 2 is 2.11 bits per heavy atom. The van der Waals surface area contributed by atoms with Crippen LogP contribution in [0.4, 0.5) is 8.78 Å². The molecule has 0 spiro atoms. The number of halogens is 2. The van der Waals surface area contributed by atoms with Crippen molar-refractivity contribution in [1.82, 2.24) is 5.32 Å². The summed E-state index contributed by atoms with van der Waals surface area (Å²) in [4.78, 5) is 11.7. The number of hydrogen-bond donors (Lipinski definition) is 2. The molecule has 0 heterocycles. The van der Waals surface area contributed by atoms with Crippen molar-refractivity contribution >= 4 is 5.91 Å². The Kier molecular flexibility index (Phi) is 3.61. The number of rotatable bonds is 5. The van der Waals surface area contributed by atoms with Gasteiger partial charge in [0.1, 0.15) is 0 Å². The van der Waals surface area contributed by atoms with Crippen LogP contribution in [0.15, 0.2) is 18.2 Å². The van der Waals surface area contributed by atoms with Crippen LogP contribution in [0.3, 0.4) is 0 Å². The maximum Gasteiger partial charge on any atom is 0.254 e. The number of nitrogens with one attached hydrogen (secondary N) is 1. The Labute approximate surface area is 104 Å². The van der Waals surface area contributed by atoms with E-state index in [-0.39, 0.29) is 11.0 Å². The highest BCUT2D eigenvalue weighted by Crippen LogP contribution is 2.47. The van der Waals surface area contributed by atoms with E-state index in [1.165, 1.54) is 12.1 Å². The fourth-order valence-corrected chi connectivity index (χ4v) is 2.04. The summed E-state index contributed by atoms with van der Waals surface area (Å²) < 4.78 is 26.4. The van der Waals surface area contributed by atoms with Gasteiger partial charge in [-0.2, -0.15) is 0 Å². The molecule has 0 bridgehead atoms. The first-order chi connectivity index (χ1) is 8.58. The van der Waals surface area contributed by atoms with Crippen LogP contribution in [-0.4, -0.2) is 19.0 Å². The van der Waals surface area contributed by atoms with Crippen molar-refractivity contribution < 1.29 is 13.6 Å². The van der Waals surface area contributed by atoms with Crippen molar-refractivity contribution in [1.29, 1.82) is 0 Å². The van der Waals surface area contributed by atoms with Crippen LogP contribution in [0.5, 0.6) is 0 Å². The van der Waals surface area contributed by atoms with E-state index in [1.54, 1.807) is 0 Å². The number of hydrogen-bond acceptors (Lipinski definition) is 2. The fraction of sp³-hybridized carbons (Fsp3) is 0.462. The molecule has 98 valence electrons. The lowest BCUT2D eigenvalue weighted by atomic mass is 10.0. The zero-order valence-electron chi connectivity index (χ0n) is 10.0. The second-order valence-corrected chi connectivity index (χ2v) is 4.82. The Bertz CT molecular complexity index is 458. The molecule has 3 N–H and O–H groups in total. The van der Waals surface area contributed by atoms with Gasteiger partial charge in [0.25, 0.3) is 5.91 Å². The molecule has 1 aromatic rings. The molecule has 0 saturated heterocycles. The van der Waals surface area contributed by atoms with E-state index in [9.17, 15) is 13.6 Å². The molecule has 5 heteroatoms. The van der Waals surface area contributed by atoms with Crippen LogP contribution in [0.2, 0.25) is 0 Å². The predicted molar refractivity (Wildman–Crippen MR) is 64.0 cm³/mol. The molecule has 1 saturated carbocycles. The van der Waals surface area contributed by atoms with Crippen molar-refractivity contribution in [2.24, 2.45) is 11.1 Å². The van der Waals surface area contributed by atoms with Crippen molar-refractivity contribution in [2.45, 2.75) is 19.3 Å². The summed E-state index contributed by atoms with van der Waals surface area (Å²) in [6.07, 6.45) is 2.89. The summed E-state index contributed by atoms with van der Waals surface area (Å²) >= 11 is 0. The van der Waals surface area contributed by atoms with Crippen LogP contribution in [0.1, 0.15) is 29.6 Å². The van der Waals surface area contributed by atoms with Gasteiger partial charge in [-0.1, -0.05) is 6.07 Å². The van der Waals surface area contributed by atoms with E-state index < -0.39 is 17.5 Å². The molecule has 0 unspecified atom stereocenters. The SMILES string of the molecule is NCCC1(CNC(=O)c2cccc(F)c2F)CC1. The molecular weight excluding hydrogens is 238 g/mol. The molecule has 18 heavy (non-hydrogen) atoms. The normalized spacial score (nSPS) is 16.4. The van der Waals surface area contributed by atoms with Crippen LogP contribution < -0.4 is 11.1 Å². The summed E-state index contributed by atoms with van der Waals surface area (Å²) in [7, 11) is 0. The monoisotopic (exact) mass is 254 g/mol. The molecule has 0 aliphatic heterocycles. The van der Waals surface area contributed by atoms with Gasteiger partial charge in [-0.3, -0.25) is 4.79 Å². The average Bonchev–Trinajstić information content (AvgIpc) is 3.11. The molecule has 1 amide bonds. The minimum atomic E-state index is -1.10. The molecule has 1 aliphatic carbocycles. The highest BCUT2D eigenvalue weighted by molar-refractivity contribution is 5.94. The summed E-state index contributed by atoms with van der Waals surface area (Å²) in [6.45, 7) is 1.04. The number of carbonyl (C=O) groups excluding carboxylic acids is 1. The fourth-order valence-electron chi connectivity index (χ4n) is 2.04. The summed E-state index contributed by atoms with van der Waals surface area (Å²) in [5, 5.41) is 2.65. The third-order valence-electron chi connectivity index (χ3n) is 3.45. The Balaban J connectivity index is 1.98. The number of carbonyl (C=O) groups is 1. The Morgan fingerprint density at radius 3 is 2.72 bits per heavy atom. The van der Waals surface area contributed by atoms with Gasteiger partial charge in [-0.15, -0.1) is 0 Å². The van der Waals surface area contributed by atoms with E-state index in [4.69, 9.17) is 5.73 Å². The zero-order valence-corrected chi connectivity index (χ0v) is 10.0. The van der Waals surface area contributed by atoms with Crippen molar-refractivity contribution in [3.05, 3.63) is 35.4 Å². The topological polar surface area (TPSA) is 55.1 Å². The van der Waals surface area contributed by atoms with Gasteiger partial charge in [0.2, 0.25) is 0 Å². The number of nitrogens with two attached hydrogens (primary N) is 1.